The average Bonchev–Trinajstić information content (AvgIpc) is 3.44. The highest BCUT2D eigenvalue weighted by Gasteiger charge is 2.38. The fourth-order valence-corrected chi connectivity index (χ4v) is 6.11. The van der Waals surface area contributed by atoms with Crippen molar-refractivity contribution in [2.75, 3.05) is 38.3 Å². The molecule has 0 radical (unpaired) electrons. The molecule has 242 valence electrons. The van der Waals surface area contributed by atoms with Gasteiger partial charge in [0.05, 0.1) is 36.2 Å². The molecule has 4 aromatic rings. The second-order valence-electron chi connectivity index (χ2n) is 13.1. The number of carbonyl (C=O) groups is 1. The first-order chi connectivity index (χ1) is 21.9. The molecule has 3 aliphatic rings. The molecule has 5 heterocycles. The van der Waals surface area contributed by atoms with Crippen LogP contribution in [-0.4, -0.2) is 65.2 Å². The lowest BCUT2D eigenvalue weighted by molar-refractivity contribution is -0.164. The summed E-state index contributed by atoms with van der Waals surface area (Å²) >= 11 is 0. The molecule has 2 aromatic carbocycles. The van der Waals surface area contributed by atoms with E-state index < -0.39 is 17.7 Å². The zero-order valence-electron chi connectivity index (χ0n) is 27.3. The number of halogens is 1. The first-order valence-electron chi connectivity index (χ1n) is 15.7. The third-order valence-electron chi connectivity index (χ3n) is 8.51. The number of carbonyl (C=O) groups excluding carboxylic acids is 1. The van der Waals surface area contributed by atoms with E-state index in [1.807, 2.05) is 74.7 Å². The summed E-state index contributed by atoms with van der Waals surface area (Å²) in [7, 11) is 1.37. The predicted octanol–water partition coefficient (Wildman–Crippen LogP) is 6.86. The summed E-state index contributed by atoms with van der Waals surface area (Å²) in [6.07, 6.45) is 4.39. The number of aromatic nitrogens is 3. The van der Waals surface area contributed by atoms with E-state index >= 15 is 0 Å². The second-order valence-corrected chi connectivity index (χ2v) is 13.1. The maximum atomic E-state index is 14.5. The number of hydrogen-bond donors (Lipinski definition) is 0. The smallest absolute Gasteiger partial charge is 0.339 e. The first-order valence-corrected chi connectivity index (χ1v) is 15.7. The minimum Gasteiger partial charge on any atom is -0.489 e. The molecule has 0 spiro atoms. The largest absolute Gasteiger partial charge is 0.489 e. The van der Waals surface area contributed by atoms with E-state index in [1.165, 1.54) is 19.2 Å². The van der Waals surface area contributed by atoms with Crippen molar-refractivity contribution in [3.8, 4) is 28.1 Å². The Morgan fingerprint density at radius 3 is 2.52 bits per heavy atom. The molecule has 0 unspecified atom stereocenters. The predicted molar refractivity (Wildman–Crippen MR) is 175 cm³/mol. The van der Waals surface area contributed by atoms with Crippen molar-refractivity contribution in [3.63, 3.8) is 0 Å². The zero-order chi connectivity index (χ0) is 32.6. The Labute approximate surface area is 268 Å². The molecule has 9 nitrogen and oxygen atoms in total. The van der Waals surface area contributed by atoms with Gasteiger partial charge in [-0.2, -0.15) is 9.61 Å². The quantitative estimate of drug-likeness (QED) is 0.180. The van der Waals surface area contributed by atoms with Crippen LogP contribution in [0.25, 0.3) is 28.0 Å². The van der Waals surface area contributed by atoms with E-state index in [9.17, 15) is 9.18 Å². The van der Waals surface area contributed by atoms with Gasteiger partial charge in [0.25, 0.3) is 0 Å². The van der Waals surface area contributed by atoms with E-state index in [4.69, 9.17) is 29.0 Å². The first kappa shape index (κ1) is 31.7. The van der Waals surface area contributed by atoms with Crippen LogP contribution in [0.1, 0.15) is 57.9 Å². The van der Waals surface area contributed by atoms with Crippen LogP contribution in [0.2, 0.25) is 0 Å². The monoisotopic (exact) mass is 628 g/mol. The van der Waals surface area contributed by atoms with Crippen LogP contribution in [0.3, 0.4) is 0 Å². The SMILES string of the molecule is COC(=O)[C@@H](OC(C)(C)C)c1c(C)nc2cc3nn2c1N1CCC(C)(CC1)OC/C=C\COc1ccc(F)cc1-c1cccc-3c1. The summed E-state index contributed by atoms with van der Waals surface area (Å²) in [5.74, 6) is 0.462. The van der Waals surface area contributed by atoms with Gasteiger partial charge in [-0.05, 0) is 83.4 Å². The van der Waals surface area contributed by atoms with Gasteiger partial charge in [-0.1, -0.05) is 24.3 Å². The van der Waals surface area contributed by atoms with Gasteiger partial charge in [-0.15, -0.1) is 0 Å². The Morgan fingerprint density at radius 1 is 1.04 bits per heavy atom. The van der Waals surface area contributed by atoms with Crippen molar-refractivity contribution >= 4 is 17.4 Å². The molecule has 2 aromatic heterocycles. The van der Waals surface area contributed by atoms with Crippen LogP contribution in [0.15, 0.2) is 60.7 Å². The van der Waals surface area contributed by atoms with Crippen molar-refractivity contribution in [1.82, 2.24) is 14.6 Å². The number of methoxy groups -OCH3 is 1. The number of aryl methyl sites for hydroxylation is 1. The number of nitrogens with zero attached hydrogens (tertiary/aromatic N) is 4. The van der Waals surface area contributed by atoms with Crippen LogP contribution in [0, 0.1) is 12.7 Å². The lowest BCUT2D eigenvalue weighted by Gasteiger charge is -2.41. The molecular weight excluding hydrogens is 587 g/mol. The highest BCUT2D eigenvalue weighted by atomic mass is 19.1. The van der Waals surface area contributed by atoms with Gasteiger partial charge in [-0.3, -0.25) is 0 Å². The molecule has 1 fully saturated rings. The number of piperidine rings is 1. The maximum Gasteiger partial charge on any atom is 0.339 e. The van der Waals surface area contributed by atoms with Gasteiger partial charge in [0.2, 0.25) is 0 Å². The average molecular weight is 629 g/mol. The topological polar surface area (TPSA) is 87.4 Å². The lowest BCUT2D eigenvalue weighted by Crippen LogP contribution is -2.45. The van der Waals surface area contributed by atoms with Crippen LogP contribution < -0.4 is 9.64 Å². The molecule has 0 aliphatic carbocycles. The summed E-state index contributed by atoms with van der Waals surface area (Å²) in [5.41, 5.74) is 3.88. The van der Waals surface area contributed by atoms with Crippen molar-refractivity contribution in [1.29, 1.82) is 0 Å². The molecule has 0 N–H and O–H groups in total. The standard InChI is InChI=1S/C36H41FN4O5/c1-23-31(32(34(42)43-6)46-35(2,3)4)33-40-16-14-36(5,15-17-40)45-19-8-7-18-44-29-13-12-26(37)21-27(29)24-10-9-11-25(20-24)28-22-30(38-23)41(33)39-28/h7-13,20-22,32H,14-19H2,1-6H3/b8-7-/t32-/m0/s1. The van der Waals surface area contributed by atoms with Gasteiger partial charge in [0.15, 0.2) is 11.8 Å². The molecule has 1 atom stereocenters. The van der Waals surface area contributed by atoms with Gasteiger partial charge < -0.3 is 23.8 Å². The van der Waals surface area contributed by atoms with Gasteiger partial charge >= 0.3 is 5.97 Å². The van der Waals surface area contributed by atoms with Crippen molar-refractivity contribution in [2.24, 2.45) is 0 Å². The van der Waals surface area contributed by atoms with Crippen LogP contribution in [0.4, 0.5) is 10.2 Å². The molecule has 10 heteroatoms. The molecule has 3 aliphatic heterocycles. The minimum atomic E-state index is -1.02. The summed E-state index contributed by atoms with van der Waals surface area (Å²) in [6, 6.07) is 14.3. The number of hydrogen-bond acceptors (Lipinski definition) is 8. The summed E-state index contributed by atoms with van der Waals surface area (Å²) < 4.78 is 40.4. The van der Waals surface area contributed by atoms with Gasteiger partial charge in [-0.25, -0.2) is 14.2 Å². The number of anilines is 1. The highest BCUT2D eigenvalue weighted by Crippen LogP contribution is 2.39. The zero-order valence-corrected chi connectivity index (χ0v) is 27.3. The lowest BCUT2D eigenvalue weighted by atomic mass is 9.92. The van der Waals surface area contributed by atoms with E-state index in [0.29, 0.717) is 60.2 Å². The number of benzene rings is 2. The molecule has 1 saturated heterocycles. The van der Waals surface area contributed by atoms with E-state index in [1.54, 1.807) is 6.07 Å². The van der Waals surface area contributed by atoms with Gasteiger partial charge in [0.1, 0.15) is 24.0 Å². The molecule has 0 saturated carbocycles. The van der Waals surface area contributed by atoms with Crippen molar-refractivity contribution < 1.29 is 28.1 Å². The minimum absolute atomic E-state index is 0.326. The van der Waals surface area contributed by atoms with Crippen molar-refractivity contribution in [3.05, 3.63) is 77.8 Å². The van der Waals surface area contributed by atoms with Crippen LogP contribution >= 0.6 is 0 Å². The molecular formula is C36H41FN4O5. The van der Waals surface area contributed by atoms with E-state index in [-0.39, 0.29) is 11.4 Å². The Kier molecular flexibility index (Phi) is 8.60. The number of rotatable bonds is 3. The summed E-state index contributed by atoms with van der Waals surface area (Å²) in [5, 5.41) is 5.08. The molecule has 6 bridgehead atoms. The van der Waals surface area contributed by atoms with Crippen LogP contribution in [0.5, 0.6) is 5.75 Å². The fourth-order valence-electron chi connectivity index (χ4n) is 6.11. The Morgan fingerprint density at radius 2 is 1.78 bits per heavy atom. The molecule has 7 rings (SSSR count). The third kappa shape index (κ3) is 6.50. The fraction of sp³-hybridized carbons (Fsp3) is 0.417. The maximum absolute atomic E-state index is 14.5. The Hall–Kier alpha value is -4.28. The van der Waals surface area contributed by atoms with Gasteiger partial charge in [0, 0.05) is 36.0 Å². The normalized spacial score (nSPS) is 17.8. The number of esters is 1. The number of fused-ring (bicyclic) bond motifs is 6. The Balaban J connectivity index is 1.56. The third-order valence-corrected chi connectivity index (χ3v) is 8.51. The highest BCUT2D eigenvalue weighted by molar-refractivity contribution is 5.81. The molecule has 0 amide bonds. The van der Waals surface area contributed by atoms with E-state index in [2.05, 4.69) is 11.8 Å². The number of ether oxygens (including phenoxy) is 4. The van der Waals surface area contributed by atoms with E-state index in [0.717, 1.165) is 29.8 Å². The Bertz CT molecular complexity index is 1790. The molecule has 46 heavy (non-hydrogen) atoms. The summed E-state index contributed by atoms with van der Waals surface area (Å²) in [4.78, 5) is 20.5. The summed E-state index contributed by atoms with van der Waals surface area (Å²) in [6.45, 7) is 11.9. The van der Waals surface area contributed by atoms with Crippen LogP contribution in [-0.2, 0) is 19.0 Å². The van der Waals surface area contributed by atoms with Crippen molar-refractivity contribution in [2.45, 2.75) is 64.8 Å². The second kappa shape index (κ2) is 12.5.